The van der Waals surface area contributed by atoms with E-state index in [4.69, 9.17) is 4.74 Å². The number of para-hydroxylation sites is 1. The molecule has 0 atom stereocenters. The smallest absolute Gasteiger partial charge is 0.329 e. The molecule has 0 unspecified atom stereocenters. The van der Waals surface area contributed by atoms with E-state index in [1.54, 1.807) is 11.8 Å². The Balaban J connectivity index is 1.95. The molecule has 1 aliphatic heterocycles. The second-order valence-electron chi connectivity index (χ2n) is 5.30. The van der Waals surface area contributed by atoms with Gasteiger partial charge in [0, 0.05) is 0 Å². The van der Waals surface area contributed by atoms with Gasteiger partial charge in [0.05, 0.1) is 0 Å². The number of carbonyl (C=O) groups excluding carboxylic acids is 1. The maximum absolute atomic E-state index is 12.1. The first kappa shape index (κ1) is 16.7. The number of benzene rings is 1. The minimum atomic E-state index is -1.14. The summed E-state index contributed by atoms with van der Waals surface area (Å²) in [5, 5.41) is 12.1. The van der Waals surface area contributed by atoms with Gasteiger partial charge in [-0.3, -0.25) is 4.79 Å². The highest BCUT2D eigenvalue weighted by Crippen LogP contribution is 2.27. The topological polar surface area (TPSA) is 75.6 Å². The zero-order chi connectivity index (χ0) is 16.0. The van der Waals surface area contributed by atoms with E-state index in [1.807, 2.05) is 31.2 Å². The predicted molar refractivity (Wildman–Crippen MR) is 86.4 cm³/mol. The number of amides is 1. The number of carboxylic acid groups (broad SMARTS) is 1. The monoisotopic (exact) mass is 323 g/mol. The third-order valence-corrected chi connectivity index (χ3v) is 4.83. The number of thioether (sulfide) groups is 1. The van der Waals surface area contributed by atoms with Crippen molar-refractivity contribution in [3.8, 4) is 5.75 Å². The van der Waals surface area contributed by atoms with Crippen molar-refractivity contribution in [1.29, 1.82) is 0 Å². The zero-order valence-electron chi connectivity index (χ0n) is 12.6. The second-order valence-corrected chi connectivity index (χ2v) is 6.52. The highest BCUT2D eigenvalue weighted by Gasteiger charge is 2.41. The van der Waals surface area contributed by atoms with Crippen molar-refractivity contribution in [3.05, 3.63) is 29.8 Å². The van der Waals surface area contributed by atoms with Gasteiger partial charge in [-0.05, 0) is 42.4 Å². The maximum atomic E-state index is 12.1. The molecule has 0 saturated carbocycles. The maximum Gasteiger partial charge on any atom is 0.329 e. The standard InChI is InChI=1S/C16H21NO4S/c1-2-12-5-3-4-6-13(12)21-11-14(18)17-16(15(19)20)7-9-22-10-8-16/h3-6H,2,7-11H2,1H3,(H,17,18)(H,19,20). The van der Waals surface area contributed by atoms with Gasteiger partial charge in [0.1, 0.15) is 11.3 Å². The fraction of sp³-hybridized carbons (Fsp3) is 0.500. The lowest BCUT2D eigenvalue weighted by Gasteiger charge is -2.33. The predicted octanol–water partition coefficient (Wildman–Crippen LogP) is 2.09. The van der Waals surface area contributed by atoms with Crippen LogP contribution in [0.5, 0.6) is 5.75 Å². The molecule has 0 spiro atoms. The van der Waals surface area contributed by atoms with Crippen molar-refractivity contribution in [2.24, 2.45) is 0 Å². The lowest BCUT2D eigenvalue weighted by atomic mass is 9.92. The lowest BCUT2D eigenvalue weighted by molar-refractivity contribution is -0.148. The summed E-state index contributed by atoms with van der Waals surface area (Å²) in [5.74, 6) is 0.803. The molecular formula is C16H21NO4S. The first-order chi connectivity index (χ1) is 10.6. The molecule has 120 valence electrons. The van der Waals surface area contributed by atoms with Crippen molar-refractivity contribution < 1.29 is 19.4 Å². The summed E-state index contributed by atoms with van der Waals surface area (Å²) >= 11 is 1.71. The minimum absolute atomic E-state index is 0.167. The van der Waals surface area contributed by atoms with Crippen LogP contribution in [0.15, 0.2) is 24.3 Å². The number of aryl methyl sites for hydroxylation is 1. The SMILES string of the molecule is CCc1ccccc1OCC(=O)NC1(C(=O)O)CCSCC1. The molecule has 2 rings (SSSR count). The summed E-state index contributed by atoms with van der Waals surface area (Å²) < 4.78 is 5.55. The molecule has 1 aromatic rings. The van der Waals surface area contributed by atoms with E-state index in [0.29, 0.717) is 18.6 Å². The quantitative estimate of drug-likeness (QED) is 0.838. The van der Waals surface area contributed by atoms with Gasteiger partial charge in [0.15, 0.2) is 6.61 Å². The molecular weight excluding hydrogens is 302 g/mol. The average molecular weight is 323 g/mol. The van der Waals surface area contributed by atoms with E-state index in [1.165, 1.54) is 0 Å². The van der Waals surface area contributed by atoms with Crippen LogP contribution < -0.4 is 10.1 Å². The van der Waals surface area contributed by atoms with Gasteiger partial charge in [-0.15, -0.1) is 0 Å². The number of aliphatic carboxylic acids is 1. The largest absolute Gasteiger partial charge is 0.483 e. The van der Waals surface area contributed by atoms with Crippen LogP contribution in [0.1, 0.15) is 25.3 Å². The Morgan fingerprint density at radius 1 is 1.32 bits per heavy atom. The molecule has 0 bridgehead atoms. The van der Waals surface area contributed by atoms with Crippen molar-refractivity contribution >= 4 is 23.6 Å². The third kappa shape index (κ3) is 3.94. The highest BCUT2D eigenvalue weighted by atomic mass is 32.2. The van der Waals surface area contributed by atoms with Crippen LogP contribution in [0.4, 0.5) is 0 Å². The fourth-order valence-corrected chi connectivity index (χ4v) is 3.68. The van der Waals surface area contributed by atoms with E-state index in [9.17, 15) is 14.7 Å². The zero-order valence-corrected chi connectivity index (χ0v) is 13.4. The Kier molecular flexibility index (Phi) is 5.71. The van der Waals surface area contributed by atoms with Gasteiger partial charge >= 0.3 is 5.97 Å². The van der Waals surface area contributed by atoms with Crippen LogP contribution in [0, 0.1) is 0 Å². The molecule has 1 saturated heterocycles. The highest BCUT2D eigenvalue weighted by molar-refractivity contribution is 7.99. The van der Waals surface area contributed by atoms with Crippen molar-refractivity contribution in [1.82, 2.24) is 5.32 Å². The van der Waals surface area contributed by atoms with E-state index < -0.39 is 11.5 Å². The summed E-state index contributed by atoms with van der Waals surface area (Å²) in [6.45, 7) is 1.85. The van der Waals surface area contributed by atoms with Crippen LogP contribution in [0.3, 0.4) is 0 Å². The van der Waals surface area contributed by atoms with Crippen LogP contribution in [-0.2, 0) is 16.0 Å². The van der Waals surface area contributed by atoms with Crippen LogP contribution in [0.2, 0.25) is 0 Å². The minimum Gasteiger partial charge on any atom is -0.483 e. The van der Waals surface area contributed by atoms with E-state index in [2.05, 4.69) is 5.32 Å². The van der Waals surface area contributed by atoms with Crippen LogP contribution in [-0.4, -0.2) is 40.6 Å². The van der Waals surface area contributed by atoms with Gasteiger partial charge in [0.2, 0.25) is 0 Å². The Labute approximate surface area is 134 Å². The number of carbonyl (C=O) groups is 2. The molecule has 6 heteroatoms. The Bertz CT molecular complexity index is 541. The molecule has 1 fully saturated rings. The lowest BCUT2D eigenvalue weighted by Crippen LogP contribution is -2.57. The van der Waals surface area contributed by atoms with E-state index in [0.717, 1.165) is 23.5 Å². The molecule has 22 heavy (non-hydrogen) atoms. The van der Waals surface area contributed by atoms with E-state index >= 15 is 0 Å². The molecule has 0 aliphatic carbocycles. The molecule has 1 aliphatic rings. The summed E-state index contributed by atoms with van der Waals surface area (Å²) in [6.07, 6.45) is 1.71. The number of nitrogens with one attached hydrogen (secondary N) is 1. The van der Waals surface area contributed by atoms with Crippen LogP contribution in [0.25, 0.3) is 0 Å². The molecule has 1 heterocycles. The van der Waals surface area contributed by atoms with Gasteiger partial charge in [-0.25, -0.2) is 4.79 Å². The summed E-state index contributed by atoms with van der Waals surface area (Å²) in [6, 6.07) is 7.54. The molecule has 2 N–H and O–H groups in total. The van der Waals surface area contributed by atoms with Gasteiger partial charge in [-0.1, -0.05) is 25.1 Å². The Hall–Kier alpha value is -1.69. The molecule has 5 nitrogen and oxygen atoms in total. The molecule has 0 radical (unpaired) electrons. The van der Waals surface area contributed by atoms with Gasteiger partial charge in [0.25, 0.3) is 5.91 Å². The van der Waals surface area contributed by atoms with E-state index in [-0.39, 0.29) is 12.5 Å². The van der Waals surface area contributed by atoms with Crippen LogP contribution >= 0.6 is 11.8 Å². The second kappa shape index (κ2) is 7.54. The number of carboxylic acids is 1. The normalized spacial score (nSPS) is 16.8. The molecule has 1 aromatic carbocycles. The summed E-state index contributed by atoms with van der Waals surface area (Å²) in [4.78, 5) is 23.6. The van der Waals surface area contributed by atoms with Crippen molar-refractivity contribution in [2.75, 3.05) is 18.1 Å². The first-order valence-electron chi connectivity index (χ1n) is 7.40. The summed E-state index contributed by atoms with van der Waals surface area (Å²) in [7, 11) is 0. The molecule has 0 aromatic heterocycles. The average Bonchev–Trinajstić information content (AvgIpc) is 2.54. The number of hydrogen-bond donors (Lipinski definition) is 2. The Morgan fingerprint density at radius 2 is 2.00 bits per heavy atom. The number of hydrogen-bond acceptors (Lipinski definition) is 4. The number of ether oxygens (including phenoxy) is 1. The van der Waals surface area contributed by atoms with Gasteiger partial charge in [-0.2, -0.15) is 11.8 Å². The summed E-state index contributed by atoms with van der Waals surface area (Å²) in [5.41, 5.74) is -0.118. The molecule has 1 amide bonds. The van der Waals surface area contributed by atoms with Gasteiger partial charge < -0.3 is 15.2 Å². The number of rotatable bonds is 6. The first-order valence-corrected chi connectivity index (χ1v) is 8.56. The fourth-order valence-electron chi connectivity index (χ4n) is 2.50. The third-order valence-electron chi connectivity index (χ3n) is 3.85. The van der Waals surface area contributed by atoms with Crippen molar-refractivity contribution in [2.45, 2.75) is 31.7 Å². The Morgan fingerprint density at radius 3 is 2.64 bits per heavy atom. The van der Waals surface area contributed by atoms with Crippen molar-refractivity contribution in [3.63, 3.8) is 0 Å².